The highest BCUT2D eigenvalue weighted by Crippen LogP contribution is 2.33. The molecule has 3 heterocycles. The number of methoxy groups -OCH3 is 1. The van der Waals surface area contributed by atoms with Gasteiger partial charge in [-0.1, -0.05) is 5.21 Å². The van der Waals surface area contributed by atoms with E-state index in [1.165, 1.54) is 36.2 Å². The van der Waals surface area contributed by atoms with E-state index in [-0.39, 0.29) is 41.0 Å². The minimum Gasteiger partial charge on any atom is -0.493 e. The van der Waals surface area contributed by atoms with Crippen molar-refractivity contribution in [3.8, 4) is 22.7 Å². The summed E-state index contributed by atoms with van der Waals surface area (Å²) in [4.78, 5) is 50.3. The molecule has 1 saturated heterocycles. The summed E-state index contributed by atoms with van der Waals surface area (Å²) in [5, 5.41) is 10.0. The molecule has 12 heteroatoms. The van der Waals surface area contributed by atoms with Crippen molar-refractivity contribution in [3.63, 3.8) is 0 Å². The third-order valence-corrected chi connectivity index (χ3v) is 5.67. The average Bonchev–Trinajstić information content (AvgIpc) is 3.38. The first-order chi connectivity index (χ1) is 16.3. The van der Waals surface area contributed by atoms with Crippen LogP contribution in [0.4, 0.5) is 8.78 Å². The third-order valence-electron chi connectivity index (χ3n) is 5.67. The minimum absolute atomic E-state index is 0.0148. The lowest BCUT2D eigenvalue weighted by Crippen LogP contribution is -2.54. The van der Waals surface area contributed by atoms with Gasteiger partial charge in [-0.15, -0.1) is 5.10 Å². The second-order valence-electron chi connectivity index (χ2n) is 7.69. The number of piperidine rings is 1. The minimum atomic E-state index is -1.08. The lowest BCUT2D eigenvalue weighted by molar-refractivity contribution is -0.136. The summed E-state index contributed by atoms with van der Waals surface area (Å²) in [6.45, 7) is 0. The number of hydrogen-bond acceptors (Lipinski definition) is 7. The number of ether oxygens (including phenoxy) is 1. The fourth-order valence-corrected chi connectivity index (χ4v) is 4.07. The molecule has 3 aromatic rings. The van der Waals surface area contributed by atoms with Crippen molar-refractivity contribution in [2.45, 2.75) is 18.9 Å². The number of aromatic nitrogens is 3. The zero-order valence-electron chi connectivity index (χ0n) is 17.5. The van der Waals surface area contributed by atoms with Crippen LogP contribution in [0.2, 0.25) is 0 Å². The summed E-state index contributed by atoms with van der Waals surface area (Å²) in [5.74, 6) is -4.41. The van der Waals surface area contributed by atoms with E-state index in [0.29, 0.717) is 11.8 Å². The number of rotatable bonds is 4. The van der Waals surface area contributed by atoms with E-state index in [9.17, 15) is 28.0 Å². The summed E-state index contributed by atoms with van der Waals surface area (Å²) >= 11 is 0. The molecular formula is C22H15F2N5O5. The van der Waals surface area contributed by atoms with Crippen LogP contribution in [0.25, 0.3) is 16.9 Å². The van der Waals surface area contributed by atoms with Gasteiger partial charge in [-0.3, -0.25) is 29.4 Å². The number of nitrogens with zero attached hydrogens (tertiary/aromatic N) is 4. The van der Waals surface area contributed by atoms with Crippen LogP contribution in [0.1, 0.15) is 33.6 Å². The van der Waals surface area contributed by atoms with Gasteiger partial charge in [-0.25, -0.2) is 13.5 Å². The molecule has 1 N–H and O–H groups in total. The first-order valence-electron chi connectivity index (χ1n) is 10.1. The molecule has 1 aromatic heterocycles. The van der Waals surface area contributed by atoms with E-state index >= 15 is 0 Å². The van der Waals surface area contributed by atoms with E-state index in [4.69, 9.17) is 4.74 Å². The van der Waals surface area contributed by atoms with Gasteiger partial charge < -0.3 is 4.74 Å². The van der Waals surface area contributed by atoms with Crippen molar-refractivity contribution < 1.29 is 32.7 Å². The number of benzene rings is 2. The monoisotopic (exact) mass is 467 g/mol. The number of carbonyl (C=O) groups excluding carboxylic acids is 4. The van der Waals surface area contributed by atoms with Gasteiger partial charge in [0.05, 0.1) is 35.7 Å². The van der Waals surface area contributed by atoms with Gasteiger partial charge in [0.2, 0.25) is 11.8 Å². The predicted octanol–water partition coefficient (Wildman–Crippen LogP) is 1.62. The Morgan fingerprint density at radius 2 is 1.79 bits per heavy atom. The summed E-state index contributed by atoms with van der Waals surface area (Å²) in [6.07, 6.45) is 1.44. The maximum Gasteiger partial charge on any atom is 0.262 e. The summed E-state index contributed by atoms with van der Waals surface area (Å²) in [7, 11) is 1.24. The number of nitrogens with one attached hydrogen (secondary N) is 1. The van der Waals surface area contributed by atoms with Gasteiger partial charge >= 0.3 is 0 Å². The van der Waals surface area contributed by atoms with Gasteiger partial charge in [0.1, 0.15) is 17.6 Å². The highest BCUT2D eigenvalue weighted by atomic mass is 19.1. The highest BCUT2D eigenvalue weighted by molar-refractivity contribution is 6.23. The molecule has 0 bridgehead atoms. The van der Waals surface area contributed by atoms with Crippen LogP contribution in [0.3, 0.4) is 0 Å². The lowest BCUT2D eigenvalue weighted by atomic mass is 10.0. The Balaban J connectivity index is 1.48. The Hall–Kier alpha value is -4.48. The summed E-state index contributed by atoms with van der Waals surface area (Å²) in [6, 6.07) is 4.99. The van der Waals surface area contributed by atoms with Gasteiger partial charge in [0.25, 0.3) is 11.8 Å². The Morgan fingerprint density at radius 1 is 1.03 bits per heavy atom. The average molecular weight is 467 g/mol. The normalized spacial score (nSPS) is 17.7. The van der Waals surface area contributed by atoms with E-state index in [0.717, 1.165) is 11.0 Å². The van der Waals surface area contributed by atoms with Crippen LogP contribution in [0.15, 0.2) is 36.5 Å². The largest absolute Gasteiger partial charge is 0.493 e. The highest BCUT2D eigenvalue weighted by Gasteiger charge is 2.44. The standard InChI is InChI=1S/C22H15F2N5O5/c1-34-19-14(6-10(23)7-15(19)24)16-9-28(27-26-16)11-2-3-12-13(8-11)22(33)29(21(12)32)17-4-5-18(30)25-20(17)31/h2-3,6-9,17H,4-5H2,1H3,(H,25,30,31). The molecule has 1 unspecified atom stereocenters. The topological polar surface area (TPSA) is 123 Å². The van der Waals surface area contributed by atoms with Crippen molar-refractivity contribution in [2.75, 3.05) is 7.11 Å². The molecule has 2 aromatic carbocycles. The van der Waals surface area contributed by atoms with Gasteiger partial charge in [-0.2, -0.15) is 0 Å². The molecule has 34 heavy (non-hydrogen) atoms. The number of imide groups is 2. The Morgan fingerprint density at radius 3 is 2.53 bits per heavy atom. The summed E-state index contributed by atoms with van der Waals surface area (Å²) in [5.41, 5.74) is 0.664. The van der Waals surface area contributed by atoms with Crippen molar-refractivity contribution in [2.24, 2.45) is 0 Å². The maximum atomic E-state index is 14.1. The zero-order valence-corrected chi connectivity index (χ0v) is 17.5. The van der Waals surface area contributed by atoms with Crippen LogP contribution in [-0.2, 0) is 9.59 Å². The third kappa shape index (κ3) is 3.31. The number of amides is 4. The molecule has 0 radical (unpaired) electrons. The molecule has 4 amide bonds. The van der Waals surface area contributed by atoms with Crippen LogP contribution in [-0.4, -0.2) is 56.7 Å². The first-order valence-corrected chi connectivity index (χ1v) is 10.1. The van der Waals surface area contributed by atoms with Crippen LogP contribution in [0, 0.1) is 11.6 Å². The van der Waals surface area contributed by atoms with Crippen molar-refractivity contribution >= 4 is 23.6 Å². The van der Waals surface area contributed by atoms with Crippen LogP contribution < -0.4 is 10.1 Å². The lowest BCUT2D eigenvalue weighted by Gasteiger charge is -2.27. The molecule has 5 rings (SSSR count). The molecule has 0 saturated carbocycles. The second kappa shape index (κ2) is 7.83. The SMILES string of the molecule is COc1c(F)cc(F)cc1-c1cn(-c2ccc3c(c2)C(=O)N(C2CCC(=O)NC2=O)C3=O)nn1. The van der Waals surface area contributed by atoms with Crippen molar-refractivity contribution in [1.29, 1.82) is 0 Å². The Labute approximate surface area is 190 Å². The maximum absolute atomic E-state index is 14.1. The molecule has 172 valence electrons. The van der Waals surface area contributed by atoms with E-state index in [1.54, 1.807) is 0 Å². The van der Waals surface area contributed by atoms with Gasteiger partial charge in [-0.05, 0) is 30.7 Å². The first kappa shape index (κ1) is 21.4. The molecule has 0 spiro atoms. The Bertz CT molecular complexity index is 1400. The van der Waals surface area contributed by atoms with Crippen LogP contribution >= 0.6 is 0 Å². The van der Waals surface area contributed by atoms with Crippen molar-refractivity contribution in [3.05, 3.63) is 59.3 Å². The zero-order chi connectivity index (χ0) is 24.1. The van der Waals surface area contributed by atoms with Gasteiger partial charge in [0, 0.05) is 12.5 Å². The molecule has 2 aliphatic rings. The second-order valence-corrected chi connectivity index (χ2v) is 7.69. The van der Waals surface area contributed by atoms with Crippen molar-refractivity contribution in [1.82, 2.24) is 25.2 Å². The number of halogens is 2. The predicted molar refractivity (Wildman–Crippen MR) is 110 cm³/mol. The van der Waals surface area contributed by atoms with E-state index < -0.39 is 41.3 Å². The molecule has 10 nitrogen and oxygen atoms in total. The molecule has 2 aliphatic heterocycles. The fourth-order valence-electron chi connectivity index (χ4n) is 4.07. The molecule has 0 aliphatic carbocycles. The fraction of sp³-hybridized carbons (Fsp3) is 0.182. The smallest absolute Gasteiger partial charge is 0.262 e. The summed E-state index contributed by atoms with van der Waals surface area (Å²) < 4.78 is 34.1. The number of hydrogen-bond donors (Lipinski definition) is 1. The van der Waals surface area contributed by atoms with E-state index in [1.807, 2.05) is 0 Å². The number of carbonyl (C=O) groups is 4. The molecular weight excluding hydrogens is 452 g/mol. The van der Waals surface area contributed by atoms with Crippen LogP contribution in [0.5, 0.6) is 5.75 Å². The van der Waals surface area contributed by atoms with E-state index in [2.05, 4.69) is 15.6 Å². The number of fused-ring (bicyclic) bond motifs is 1. The molecule has 1 atom stereocenters. The molecule has 1 fully saturated rings. The van der Waals surface area contributed by atoms with Gasteiger partial charge in [0.15, 0.2) is 11.6 Å². The quantitative estimate of drug-likeness (QED) is 0.579. The Kier molecular flexibility index (Phi) is 4.92.